The van der Waals surface area contributed by atoms with Crippen LogP contribution < -0.4 is 10.2 Å². The van der Waals surface area contributed by atoms with Gasteiger partial charge in [0.25, 0.3) is 5.91 Å². The van der Waals surface area contributed by atoms with Crippen molar-refractivity contribution >= 4 is 50.5 Å². The fourth-order valence-corrected chi connectivity index (χ4v) is 12.4. The quantitative estimate of drug-likeness (QED) is 0.0695. The van der Waals surface area contributed by atoms with E-state index in [0.29, 0.717) is 93.0 Å². The Hall–Kier alpha value is -5.42. The van der Waals surface area contributed by atoms with Gasteiger partial charge in [-0.2, -0.15) is 5.10 Å². The molecule has 1 N–H and O–H groups in total. The number of para-hydroxylation sites is 1. The van der Waals surface area contributed by atoms with E-state index in [0.717, 1.165) is 71.2 Å². The number of carbonyl (C=O) groups excluding carboxylic acids is 3. The Labute approximate surface area is 415 Å². The Balaban J connectivity index is 0.852. The van der Waals surface area contributed by atoms with Crippen molar-refractivity contribution in [2.45, 2.75) is 123 Å². The summed E-state index contributed by atoms with van der Waals surface area (Å²) in [6.07, 6.45) is 8.95. The van der Waals surface area contributed by atoms with Crippen LogP contribution in [0.3, 0.4) is 0 Å². The number of anilines is 2. The number of nitrogens with zero attached hydrogens (tertiary/aromatic N) is 6. The molecule has 2 unspecified atom stereocenters. The van der Waals surface area contributed by atoms with Crippen molar-refractivity contribution in [3.05, 3.63) is 88.9 Å². The lowest BCUT2D eigenvalue weighted by Crippen LogP contribution is -2.58. The Bertz CT molecular complexity index is 2670. The van der Waals surface area contributed by atoms with Crippen LogP contribution in [0.4, 0.5) is 15.7 Å². The second kappa shape index (κ2) is 20.0. The van der Waals surface area contributed by atoms with Crippen LogP contribution in [0.1, 0.15) is 118 Å². The number of thiazole rings is 1. The number of pyridine rings is 1. The zero-order valence-corrected chi connectivity index (χ0v) is 42.9. The van der Waals surface area contributed by atoms with Crippen LogP contribution in [0.25, 0.3) is 21.3 Å². The summed E-state index contributed by atoms with van der Waals surface area (Å²) < 4.78 is 33.0. The molecule has 4 aliphatic carbocycles. The zero-order chi connectivity index (χ0) is 49.4. The van der Waals surface area contributed by atoms with Gasteiger partial charge in [0.15, 0.2) is 10.8 Å². The number of rotatable bonds is 17. The lowest BCUT2D eigenvalue weighted by molar-refractivity contribution is -0.201. The van der Waals surface area contributed by atoms with Gasteiger partial charge >= 0.3 is 12.1 Å². The van der Waals surface area contributed by atoms with E-state index < -0.39 is 17.2 Å². The molecule has 16 heteroatoms. The Morgan fingerprint density at radius 3 is 2.31 bits per heavy atom. The van der Waals surface area contributed by atoms with Gasteiger partial charge in [-0.1, -0.05) is 35.6 Å². The molecule has 4 heterocycles. The highest BCUT2D eigenvalue weighted by molar-refractivity contribution is 7.22. The molecule has 2 atom stereocenters. The minimum absolute atomic E-state index is 0.0596. The van der Waals surface area contributed by atoms with Crippen molar-refractivity contribution in [3.63, 3.8) is 0 Å². The first-order valence-corrected chi connectivity index (χ1v) is 25.7. The van der Waals surface area contributed by atoms with Gasteiger partial charge in [-0.05, 0) is 152 Å². The van der Waals surface area contributed by atoms with Crippen LogP contribution in [-0.2, 0) is 43.2 Å². The first-order chi connectivity index (χ1) is 33.3. The lowest BCUT2D eigenvalue weighted by Gasteiger charge is -2.61. The highest BCUT2D eigenvalue weighted by Gasteiger charge is 2.58. The summed E-state index contributed by atoms with van der Waals surface area (Å²) in [4.78, 5) is 53.5. The average molecular weight is 976 g/mol. The number of hydrogen-bond donors (Lipinski definition) is 1. The molecule has 4 fully saturated rings. The first-order valence-electron chi connectivity index (χ1n) is 24.9. The van der Waals surface area contributed by atoms with Crippen LogP contribution in [0.2, 0.25) is 0 Å². The third-order valence-corrected chi connectivity index (χ3v) is 15.1. The molecule has 0 radical (unpaired) electrons. The van der Waals surface area contributed by atoms with E-state index in [1.54, 1.807) is 7.05 Å². The second-order valence-corrected chi connectivity index (χ2v) is 23.1. The Kier molecular flexibility index (Phi) is 14.2. The third kappa shape index (κ3) is 11.4. The fraction of sp³-hybridized carbons (Fsp3) is 0.556. The molecule has 15 nitrogen and oxygen atoms in total. The van der Waals surface area contributed by atoms with Gasteiger partial charge < -0.3 is 33.5 Å². The van der Waals surface area contributed by atoms with Crippen LogP contribution in [0, 0.1) is 24.2 Å². The van der Waals surface area contributed by atoms with Crippen LogP contribution in [-0.4, -0.2) is 113 Å². The summed E-state index contributed by atoms with van der Waals surface area (Å²) in [5, 5.41) is 8.61. The summed E-state index contributed by atoms with van der Waals surface area (Å²) >= 11 is 1.45. The summed E-state index contributed by atoms with van der Waals surface area (Å²) in [6.45, 7) is 17.9. The van der Waals surface area contributed by atoms with E-state index in [9.17, 15) is 14.4 Å². The molecule has 374 valence electrons. The number of nitrogens with one attached hydrogen (secondary N) is 1. The van der Waals surface area contributed by atoms with E-state index in [-0.39, 0.29) is 28.7 Å². The van der Waals surface area contributed by atoms with E-state index in [2.05, 4.69) is 32.9 Å². The Morgan fingerprint density at radius 1 is 0.843 bits per heavy atom. The van der Waals surface area contributed by atoms with E-state index in [1.807, 2.05) is 96.3 Å². The topological polar surface area (TPSA) is 159 Å². The normalized spacial score (nSPS) is 21.7. The highest BCUT2D eigenvalue weighted by atomic mass is 32.1. The number of hydrogen-bond acceptors (Lipinski definition) is 13. The standard InChI is InChI=1S/C54H69N7O8S/c1-35-41(31-55-61(35)34-53-27-36-26-37(28-53)30-54(29-36,33-53)67-25-24-66-23-22-65-21-20-59(8)50(64)69-52(5,6)7)39-16-17-45(57-46(39)48(63)68-51(2,3)4)60-19-18-38-12-11-13-40(42(38)32-60)47(62)58-49-56-43-14-9-10-15-44(43)70-49/h9-17,31,36-37H,18-30,32-34H2,1-8H3,(H,56,58,62). The molecule has 10 rings (SSSR count). The first kappa shape index (κ1) is 49.6. The maximum absolute atomic E-state index is 14.2. The molecule has 0 spiro atoms. The third-order valence-electron chi connectivity index (χ3n) is 14.1. The summed E-state index contributed by atoms with van der Waals surface area (Å²) in [7, 11) is 1.71. The number of likely N-dealkylation sites (N-methyl/N-ethyl adjacent to an activating group) is 1. The number of ether oxygens (including phenoxy) is 5. The molecule has 0 saturated heterocycles. The van der Waals surface area contributed by atoms with Gasteiger partial charge in [-0.25, -0.2) is 19.6 Å². The molecule has 1 aliphatic heterocycles. The van der Waals surface area contributed by atoms with Crippen molar-refractivity contribution in [1.82, 2.24) is 24.6 Å². The monoisotopic (exact) mass is 975 g/mol. The van der Waals surface area contributed by atoms with Gasteiger partial charge in [-0.15, -0.1) is 0 Å². The summed E-state index contributed by atoms with van der Waals surface area (Å²) in [6, 6.07) is 17.7. The maximum atomic E-state index is 14.2. The SMILES string of the molecule is Cc1c(-c2ccc(N3CCc4cccc(C(=O)Nc5nc6ccccc6s5)c4C3)nc2C(=O)OC(C)(C)C)cnn1CC12CC3CC(C1)CC(OCCOCCOCCN(C)C(=O)OC(C)(C)C)(C3)C2. The number of fused-ring (bicyclic) bond motifs is 2. The number of amides is 2. The van der Waals surface area contributed by atoms with Crippen molar-refractivity contribution in [2.75, 3.05) is 63.4 Å². The predicted molar refractivity (Wildman–Crippen MR) is 270 cm³/mol. The molecule has 3 aromatic heterocycles. The van der Waals surface area contributed by atoms with Crippen LogP contribution >= 0.6 is 11.3 Å². The minimum atomic E-state index is -0.735. The number of esters is 1. The van der Waals surface area contributed by atoms with Crippen molar-refractivity contribution in [1.29, 1.82) is 0 Å². The van der Waals surface area contributed by atoms with Gasteiger partial charge in [0.1, 0.15) is 17.0 Å². The maximum Gasteiger partial charge on any atom is 0.410 e. The molecule has 5 aromatic rings. The number of aromatic nitrogens is 4. The van der Waals surface area contributed by atoms with Gasteiger partial charge in [-0.3, -0.25) is 14.8 Å². The molecule has 5 aliphatic rings. The number of carbonyl (C=O) groups is 3. The highest BCUT2D eigenvalue weighted by Crippen LogP contribution is 2.63. The van der Waals surface area contributed by atoms with Crippen molar-refractivity contribution in [2.24, 2.45) is 17.3 Å². The smallest absolute Gasteiger partial charge is 0.410 e. The molecule has 4 bridgehead atoms. The molecular weight excluding hydrogens is 907 g/mol. The summed E-state index contributed by atoms with van der Waals surface area (Å²) in [5.41, 5.74) is 4.86. The van der Waals surface area contributed by atoms with Crippen LogP contribution in [0.5, 0.6) is 0 Å². The fourth-order valence-electron chi connectivity index (χ4n) is 11.6. The van der Waals surface area contributed by atoms with E-state index in [4.69, 9.17) is 33.8 Å². The predicted octanol–water partition coefficient (Wildman–Crippen LogP) is 9.89. The van der Waals surface area contributed by atoms with Gasteiger partial charge in [0.05, 0.1) is 55.0 Å². The molecule has 4 saturated carbocycles. The molecule has 2 aromatic carbocycles. The second-order valence-electron chi connectivity index (χ2n) is 22.0. The van der Waals surface area contributed by atoms with E-state index >= 15 is 0 Å². The van der Waals surface area contributed by atoms with Gasteiger partial charge in [0, 0.05) is 55.6 Å². The van der Waals surface area contributed by atoms with Gasteiger partial charge in [0.2, 0.25) is 0 Å². The molecular formula is C54H69N7O8S. The number of benzene rings is 2. The average Bonchev–Trinajstić information content (AvgIpc) is 3.87. The Morgan fingerprint density at radius 2 is 1.57 bits per heavy atom. The minimum Gasteiger partial charge on any atom is -0.455 e. The largest absolute Gasteiger partial charge is 0.455 e. The zero-order valence-electron chi connectivity index (χ0n) is 42.1. The molecule has 2 amide bonds. The van der Waals surface area contributed by atoms with Crippen LogP contribution in [0.15, 0.2) is 60.8 Å². The van der Waals surface area contributed by atoms with E-state index in [1.165, 1.54) is 22.7 Å². The molecule has 70 heavy (non-hydrogen) atoms. The lowest BCUT2D eigenvalue weighted by atomic mass is 9.48. The van der Waals surface area contributed by atoms with Crippen molar-refractivity contribution in [3.8, 4) is 11.1 Å². The van der Waals surface area contributed by atoms with Crippen molar-refractivity contribution < 1.29 is 38.1 Å². The summed E-state index contributed by atoms with van der Waals surface area (Å²) in [5.74, 6) is 1.17.